The maximum Gasteiger partial charge on any atom is 0.288 e. The third kappa shape index (κ3) is 6.54. The fraction of sp³-hybridized carbons (Fsp3) is 0.524. The maximum atomic E-state index is 12.6. The summed E-state index contributed by atoms with van der Waals surface area (Å²) in [4.78, 5) is 14.9. The quantitative estimate of drug-likeness (QED) is 0.215. The molecule has 1 amide bonds. The Labute approximate surface area is 177 Å². The number of thioether (sulfide) groups is 2. The minimum atomic E-state index is -0.189. The van der Waals surface area contributed by atoms with Gasteiger partial charge in [0.15, 0.2) is 5.55 Å². The lowest BCUT2D eigenvalue weighted by Gasteiger charge is -2.19. The molecule has 0 saturated carbocycles. The van der Waals surface area contributed by atoms with E-state index >= 15 is 0 Å². The number of fused-ring (bicyclic) bond motifs is 1. The number of amides is 1. The Morgan fingerprint density at radius 1 is 1.15 bits per heavy atom. The van der Waals surface area contributed by atoms with Crippen LogP contribution in [0.4, 0.5) is 0 Å². The molecule has 3 nitrogen and oxygen atoms in total. The maximum absolute atomic E-state index is 12.6. The van der Waals surface area contributed by atoms with Crippen molar-refractivity contribution in [3.63, 3.8) is 0 Å². The zero-order valence-corrected chi connectivity index (χ0v) is 19.0. The van der Waals surface area contributed by atoms with Crippen LogP contribution in [0.3, 0.4) is 0 Å². The van der Waals surface area contributed by atoms with Gasteiger partial charge in [-0.15, -0.1) is 0 Å². The number of unbranched alkanes of at least 4 members (excludes halogenated alkanes) is 4. The normalized spacial score (nSPS) is 15.3. The smallest absolute Gasteiger partial charge is 0.288 e. The Morgan fingerprint density at radius 2 is 1.85 bits per heavy atom. The molecule has 2 rings (SSSR count). The summed E-state index contributed by atoms with van der Waals surface area (Å²) in [5, 5.41) is 2.97. The number of hydrogen-bond acceptors (Lipinski definition) is 5. The molecule has 6 heteroatoms. The SMILES string of the molecule is CCCCCCCNC(=O)C(OC=S)=C1Sc2ccc(C(C)(C)C)cc2S1. The lowest BCUT2D eigenvalue weighted by molar-refractivity contribution is -0.119. The molecular weight excluding hydrogens is 394 g/mol. The van der Waals surface area contributed by atoms with Crippen molar-refractivity contribution in [2.45, 2.75) is 75.0 Å². The van der Waals surface area contributed by atoms with E-state index in [1.165, 1.54) is 29.7 Å². The number of nitrogens with one attached hydrogen (secondary N) is 1. The van der Waals surface area contributed by atoms with Gasteiger partial charge >= 0.3 is 0 Å². The summed E-state index contributed by atoms with van der Waals surface area (Å²) in [6.45, 7) is 9.46. The fourth-order valence-electron chi connectivity index (χ4n) is 2.71. The summed E-state index contributed by atoms with van der Waals surface area (Å²) in [6.07, 6.45) is 5.81. The molecule has 1 heterocycles. The Morgan fingerprint density at radius 3 is 2.52 bits per heavy atom. The van der Waals surface area contributed by atoms with Gasteiger partial charge in [0.05, 0.1) is 4.24 Å². The van der Waals surface area contributed by atoms with Gasteiger partial charge in [-0.1, -0.05) is 83.0 Å². The van der Waals surface area contributed by atoms with E-state index in [1.807, 2.05) is 0 Å². The first-order chi connectivity index (χ1) is 12.9. The number of benzene rings is 1. The molecule has 0 bridgehead atoms. The summed E-state index contributed by atoms with van der Waals surface area (Å²) in [7, 11) is 0. The van der Waals surface area contributed by atoms with Crippen LogP contribution < -0.4 is 5.32 Å². The summed E-state index contributed by atoms with van der Waals surface area (Å²) in [5.41, 5.74) is 2.54. The Balaban J connectivity index is 2.05. The van der Waals surface area contributed by atoms with Crippen molar-refractivity contribution in [2.24, 2.45) is 0 Å². The highest BCUT2D eigenvalue weighted by molar-refractivity contribution is 8.24. The monoisotopic (exact) mass is 423 g/mol. The standard InChI is InChI=1S/C21H29NO2S3/c1-5-6-7-8-9-12-22-19(23)18(24-14-25)20-26-16-11-10-15(21(2,3)4)13-17(16)27-20/h10-11,13-14H,5-9,12H2,1-4H3,(H,22,23). The van der Waals surface area contributed by atoms with Gasteiger partial charge in [-0.2, -0.15) is 0 Å². The molecule has 0 radical (unpaired) electrons. The number of thiocarbonyl (C=S) groups is 1. The molecule has 1 N–H and O–H groups in total. The van der Waals surface area contributed by atoms with E-state index in [1.54, 1.807) is 23.5 Å². The number of ether oxygens (including phenoxy) is 1. The summed E-state index contributed by atoms with van der Waals surface area (Å²) < 4.78 is 6.28. The van der Waals surface area contributed by atoms with E-state index in [0.717, 1.165) is 27.5 Å². The highest BCUT2D eigenvalue weighted by Gasteiger charge is 2.27. The number of hydrogen-bond donors (Lipinski definition) is 1. The molecule has 1 aromatic rings. The Hall–Kier alpha value is -0.980. The minimum absolute atomic E-state index is 0.0929. The molecular formula is C21H29NO2S3. The van der Waals surface area contributed by atoms with Crippen molar-refractivity contribution in [3.05, 3.63) is 33.8 Å². The minimum Gasteiger partial charge on any atom is -0.446 e. The fourth-order valence-corrected chi connectivity index (χ4v) is 5.27. The molecule has 0 aromatic heterocycles. The first-order valence-corrected chi connectivity index (χ1v) is 11.6. The van der Waals surface area contributed by atoms with Crippen molar-refractivity contribution in [3.8, 4) is 0 Å². The largest absolute Gasteiger partial charge is 0.446 e. The molecule has 0 unspecified atom stereocenters. The first-order valence-electron chi connectivity index (χ1n) is 9.49. The van der Waals surface area contributed by atoms with E-state index in [0.29, 0.717) is 12.3 Å². The van der Waals surface area contributed by atoms with Crippen molar-refractivity contribution in [2.75, 3.05) is 6.54 Å². The van der Waals surface area contributed by atoms with Crippen LogP contribution in [0.5, 0.6) is 0 Å². The average Bonchev–Trinajstić information content (AvgIpc) is 3.04. The molecule has 0 aliphatic carbocycles. The van der Waals surface area contributed by atoms with Crippen LogP contribution in [-0.4, -0.2) is 18.0 Å². The van der Waals surface area contributed by atoms with E-state index in [2.05, 4.69) is 51.2 Å². The lowest BCUT2D eigenvalue weighted by Crippen LogP contribution is -2.27. The van der Waals surface area contributed by atoms with Gasteiger partial charge in [-0.3, -0.25) is 4.79 Å². The number of rotatable bonds is 9. The third-order valence-electron chi connectivity index (χ3n) is 4.34. The van der Waals surface area contributed by atoms with Crippen LogP contribution in [0.25, 0.3) is 0 Å². The molecule has 0 fully saturated rings. The van der Waals surface area contributed by atoms with Gasteiger partial charge in [-0.25, -0.2) is 0 Å². The molecule has 1 aromatic carbocycles. The van der Waals surface area contributed by atoms with E-state index in [-0.39, 0.29) is 11.3 Å². The second-order valence-electron chi connectivity index (χ2n) is 7.62. The van der Waals surface area contributed by atoms with Gasteiger partial charge < -0.3 is 10.1 Å². The van der Waals surface area contributed by atoms with E-state index < -0.39 is 0 Å². The van der Waals surface area contributed by atoms with Crippen molar-refractivity contribution in [1.82, 2.24) is 5.32 Å². The van der Waals surface area contributed by atoms with E-state index in [4.69, 9.17) is 17.0 Å². The molecule has 148 valence electrons. The van der Waals surface area contributed by atoms with Gasteiger partial charge in [0.2, 0.25) is 5.76 Å². The Bertz CT molecular complexity index is 708. The summed E-state index contributed by atoms with van der Waals surface area (Å²) >= 11 is 8.00. The highest BCUT2D eigenvalue weighted by atomic mass is 32.2. The van der Waals surface area contributed by atoms with Gasteiger partial charge in [0.1, 0.15) is 0 Å². The summed E-state index contributed by atoms with van der Waals surface area (Å²) in [5.74, 6) is 0.118. The van der Waals surface area contributed by atoms with Crippen LogP contribution >= 0.6 is 35.7 Å². The van der Waals surface area contributed by atoms with Crippen molar-refractivity contribution in [1.29, 1.82) is 0 Å². The van der Waals surface area contributed by atoms with E-state index in [9.17, 15) is 4.79 Å². The number of carbonyl (C=O) groups is 1. The van der Waals surface area contributed by atoms with Crippen LogP contribution in [-0.2, 0) is 14.9 Å². The zero-order chi connectivity index (χ0) is 19.9. The highest BCUT2D eigenvalue weighted by Crippen LogP contribution is 2.53. The van der Waals surface area contributed by atoms with Gasteiger partial charge in [-0.05, 0) is 41.7 Å². The van der Waals surface area contributed by atoms with Gasteiger partial charge in [0.25, 0.3) is 5.91 Å². The predicted molar refractivity (Wildman–Crippen MR) is 120 cm³/mol. The molecule has 0 atom stereocenters. The Kier molecular flexibility index (Phi) is 8.70. The second kappa shape index (κ2) is 10.5. The van der Waals surface area contributed by atoms with Crippen LogP contribution in [0, 0.1) is 0 Å². The molecule has 0 saturated heterocycles. The second-order valence-corrected chi connectivity index (χ2v) is 10.2. The zero-order valence-electron chi connectivity index (χ0n) is 16.6. The van der Waals surface area contributed by atoms with Crippen LogP contribution in [0.1, 0.15) is 65.4 Å². The van der Waals surface area contributed by atoms with Crippen molar-refractivity contribution >= 4 is 47.2 Å². The molecule has 27 heavy (non-hydrogen) atoms. The van der Waals surface area contributed by atoms with Crippen LogP contribution in [0.2, 0.25) is 0 Å². The summed E-state index contributed by atoms with van der Waals surface area (Å²) in [6, 6.07) is 6.49. The first kappa shape index (κ1) is 22.3. The molecule has 1 aliphatic rings. The average molecular weight is 424 g/mol. The van der Waals surface area contributed by atoms with Crippen molar-refractivity contribution < 1.29 is 9.53 Å². The molecule has 1 aliphatic heterocycles. The lowest BCUT2D eigenvalue weighted by atomic mass is 9.87. The number of carbonyl (C=O) groups excluding carboxylic acids is 1. The third-order valence-corrected chi connectivity index (χ3v) is 6.94. The molecule has 0 spiro atoms. The topological polar surface area (TPSA) is 38.3 Å². The van der Waals surface area contributed by atoms with Crippen LogP contribution in [0.15, 0.2) is 38.0 Å². The predicted octanol–water partition coefficient (Wildman–Crippen LogP) is 6.41. The van der Waals surface area contributed by atoms with Gasteiger partial charge in [0, 0.05) is 16.3 Å².